The first-order chi connectivity index (χ1) is 19.4. The fraction of sp³-hybridized carbons (Fsp3) is 0.143. The molecule has 6 rings (SSSR count). The van der Waals surface area contributed by atoms with Crippen LogP contribution in [0.5, 0.6) is 11.5 Å². The molecule has 2 aliphatic rings. The summed E-state index contributed by atoms with van der Waals surface area (Å²) in [5, 5.41) is 20.0. The second-order valence-corrected chi connectivity index (χ2v) is 12.2. The number of fused-ring (bicyclic) bond motifs is 1. The number of carbonyl (C=O) groups is 2. The summed E-state index contributed by atoms with van der Waals surface area (Å²) >= 11 is 4.57. The van der Waals surface area contributed by atoms with E-state index in [4.69, 9.17) is 9.47 Å². The van der Waals surface area contributed by atoms with Gasteiger partial charge < -0.3 is 14.6 Å². The van der Waals surface area contributed by atoms with Crippen LogP contribution in [-0.2, 0) is 15.3 Å². The number of aliphatic hydroxyl groups is 1. The van der Waals surface area contributed by atoms with Crippen molar-refractivity contribution in [1.29, 1.82) is 0 Å². The van der Waals surface area contributed by atoms with Gasteiger partial charge in [0.1, 0.15) is 24.8 Å². The van der Waals surface area contributed by atoms with E-state index in [-0.39, 0.29) is 22.3 Å². The molecule has 1 amide bonds. The third-order valence-corrected chi connectivity index (χ3v) is 9.18. The molecular formula is C28H19FIN3O5S2. The summed E-state index contributed by atoms with van der Waals surface area (Å²) in [6.07, 6.45) is 0. The van der Waals surface area contributed by atoms with Crippen LogP contribution >= 0.6 is 45.7 Å². The van der Waals surface area contributed by atoms with E-state index in [1.807, 2.05) is 12.1 Å². The average molecular weight is 688 g/mol. The summed E-state index contributed by atoms with van der Waals surface area (Å²) in [5.41, 5.74) is 1.38. The average Bonchev–Trinajstić information content (AvgIpc) is 3.54. The standard InChI is InChI=1S/C28H19FIN3O5S2/c29-19-4-2-1-3-17(19)14-39-28-32-31-27(40-28)33-23(15-5-8-18(30)9-6-15)22(25(35)26(33)36)24(34)16-7-10-20-21(13-16)38-12-11-37-20/h1-10,13,23,34H,11-12,14H2. The van der Waals surface area contributed by atoms with Crippen LogP contribution in [0.4, 0.5) is 9.52 Å². The summed E-state index contributed by atoms with van der Waals surface area (Å²) in [6, 6.07) is 17.7. The minimum Gasteiger partial charge on any atom is -0.507 e. The Morgan fingerprint density at radius 3 is 2.58 bits per heavy atom. The molecule has 0 spiro atoms. The maximum Gasteiger partial charge on any atom is 0.301 e. The van der Waals surface area contributed by atoms with Gasteiger partial charge in [0.2, 0.25) is 5.13 Å². The van der Waals surface area contributed by atoms with Crippen LogP contribution < -0.4 is 14.4 Å². The first-order valence-electron chi connectivity index (χ1n) is 12.1. The highest BCUT2D eigenvalue weighted by Gasteiger charge is 2.48. The number of aromatic nitrogens is 2. The Hall–Kier alpha value is -3.49. The Kier molecular flexibility index (Phi) is 7.47. The van der Waals surface area contributed by atoms with Gasteiger partial charge in [-0.15, -0.1) is 10.2 Å². The molecule has 8 nitrogen and oxygen atoms in total. The zero-order valence-corrected chi connectivity index (χ0v) is 24.3. The topological polar surface area (TPSA) is 102 Å². The number of amides is 1. The Labute approximate surface area is 250 Å². The number of benzene rings is 3. The van der Waals surface area contributed by atoms with Crippen LogP contribution in [0.2, 0.25) is 0 Å². The number of thioether (sulfide) groups is 1. The van der Waals surface area contributed by atoms with Crippen molar-refractivity contribution in [1.82, 2.24) is 10.2 Å². The zero-order valence-electron chi connectivity index (χ0n) is 20.5. The Balaban J connectivity index is 1.39. The molecule has 0 aliphatic carbocycles. The highest BCUT2D eigenvalue weighted by molar-refractivity contribution is 14.1. The Morgan fingerprint density at radius 1 is 1.05 bits per heavy atom. The van der Waals surface area contributed by atoms with E-state index in [1.165, 1.54) is 22.7 Å². The molecule has 1 N–H and O–H groups in total. The maximum absolute atomic E-state index is 14.1. The largest absolute Gasteiger partial charge is 0.507 e. The van der Waals surface area contributed by atoms with Crippen molar-refractivity contribution in [2.45, 2.75) is 16.1 Å². The molecule has 1 atom stereocenters. The molecule has 0 saturated carbocycles. The number of aliphatic hydroxyl groups excluding tert-OH is 1. The lowest BCUT2D eigenvalue weighted by atomic mass is 9.95. The van der Waals surface area contributed by atoms with Gasteiger partial charge in [-0.3, -0.25) is 14.5 Å². The number of Topliss-reactive ketones (excluding diaryl/α,β-unsaturated/α-hetero) is 1. The predicted octanol–water partition coefficient (Wildman–Crippen LogP) is 5.97. The van der Waals surface area contributed by atoms with Crippen molar-refractivity contribution >= 4 is 68.3 Å². The quantitative estimate of drug-likeness (QED) is 0.0661. The number of ether oxygens (including phenoxy) is 2. The van der Waals surface area contributed by atoms with Crippen molar-refractivity contribution in [2.24, 2.45) is 0 Å². The van der Waals surface area contributed by atoms with Gasteiger partial charge in [0.25, 0.3) is 5.78 Å². The van der Waals surface area contributed by atoms with Gasteiger partial charge in [-0.25, -0.2) is 4.39 Å². The van der Waals surface area contributed by atoms with Gasteiger partial charge in [0, 0.05) is 14.9 Å². The SMILES string of the molecule is O=C1C(=O)N(c2nnc(SCc3ccccc3F)s2)C(c2ccc(I)cc2)C1=C(O)c1ccc2c(c1)OCCO2. The number of anilines is 1. The van der Waals surface area contributed by atoms with Crippen LogP contribution in [0.25, 0.3) is 5.76 Å². The predicted molar refractivity (Wildman–Crippen MR) is 157 cm³/mol. The summed E-state index contributed by atoms with van der Waals surface area (Å²) in [4.78, 5) is 28.1. The monoisotopic (exact) mass is 687 g/mol. The third-order valence-electron chi connectivity index (χ3n) is 6.36. The van der Waals surface area contributed by atoms with Gasteiger partial charge in [0.15, 0.2) is 15.8 Å². The zero-order chi connectivity index (χ0) is 27.8. The van der Waals surface area contributed by atoms with Crippen molar-refractivity contribution in [2.75, 3.05) is 18.1 Å². The van der Waals surface area contributed by atoms with Crippen LogP contribution in [0.1, 0.15) is 22.7 Å². The van der Waals surface area contributed by atoms with E-state index in [1.54, 1.807) is 48.5 Å². The highest BCUT2D eigenvalue weighted by atomic mass is 127. The second kappa shape index (κ2) is 11.2. The summed E-state index contributed by atoms with van der Waals surface area (Å²) in [5.74, 6) is -1.02. The number of rotatable bonds is 6. The fourth-order valence-corrected chi connectivity index (χ4v) is 6.66. The smallest absolute Gasteiger partial charge is 0.301 e. The molecule has 40 heavy (non-hydrogen) atoms. The second-order valence-electron chi connectivity index (χ2n) is 8.81. The molecule has 0 radical (unpaired) electrons. The number of halogens is 2. The van der Waals surface area contributed by atoms with E-state index in [2.05, 4.69) is 32.8 Å². The number of hydrogen-bond donors (Lipinski definition) is 1. The Morgan fingerprint density at radius 2 is 1.80 bits per heavy atom. The molecule has 3 heterocycles. The van der Waals surface area contributed by atoms with Crippen LogP contribution in [0.15, 0.2) is 76.6 Å². The molecule has 0 bridgehead atoms. The van der Waals surface area contributed by atoms with Crippen LogP contribution in [0, 0.1) is 9.39 Å². The number of carbonyl (C=O) groups excluding carboxylic acids is 2. The molecule has 3 aromatic carbocycles. The molecular weight excluding hydrogens is 668 g/mol. The van der Waals surface area contributed by atoms with Gasteiger partial charge in [-0.1, -0.05) is 53.4 Å². The van der Waals surface area contributed by atoms with Gasteiger partial charge in [0.05, 0.1) is 11.6 Å². The van der Waals surface area contributed by atoms with Crippen molar-refractivity contribution < 1.29 is 28.6 Å². The molecule has 1 aromatic heterocycles. The van der Waals surface area contributed by atoms with E-state index in [0.717, 1.165) is 14.9 Å². The maximum atomic E-state index is 14.1. The summed E-state index contributed by atoms with van der Waals surface area (Å²) in [6.45, 7) is 0.775. The lowest BCUT2D eigenvalue weighted by molar-refractivity contribution is -0.132. The minimum atomic E-state index is -0.942. The van der Waals surface area contributed by atoms with Crippen LogP contribution in [0.3, 0.4) is 0 Å². The molecule has 2 aliphatic heterocycles. The molecule has 1 unspecified atom stereocenters. The van der Waals surface area contributed by atoms with Crippen molar-refractivity contribution in [3.63, 3.8) is 0 Å². The summed E-state index contributed by atoms with van der Waals surface area (Å²) < 4.78 is 26.8. The molecule has 202 valence electrons. The van der Waals surface area contributed by atoms with E-state index >= 15 is 0 Å². The lowest BCUT2D eigenvalue weighted by Gasteiger charge is -2.23. The Bertz CT molecular complexity index is 1660. The number of hydrogen-bond acceptors (Lipinski definition) is 9. The molecule has 12 heteroatoms. The van der Waals surface area contributed by atoms with Gasteiger partial charge >= 0.3 is 5.91 Å². The fourth-order valence-electron chi connectivity index (χ4n) is 4.45. The third kappa shape index (κ3) is 5.06. The number of nitrogens with zero attached hydrogens (tertiary/aromatic N) is 3. The highest BCUT2D eigenvalue weighted by Crippen LogP contribution is 2.45. The van der Waals surface area contributed by atoms with Crippen LogP contribution in [-0.4, -0.2) is 40.2 Å². The normalized spacial score (nSPS) is 17.9. The van der Waals surface area contributed by atoms with Gasteiger partial charge in [-0.05, 0) is 70.1 Å². The number of ketones is 1. The lowest BCUT2D eigenvalue weighted by Crippen LogP contribution is -2.29. The summed E-state index contributed by atoms with van der Waals surface area (Å²) in [7, 11) is 0. The first-order valence-corrected chi connectivity index (χ1v) is 14.9. The van der Waals surface area contributed by atoms with E-state index < -0.39 is 17.7 Å². The van der Waals surface area contributed by atoms with Crippen molar-refractivity contribution in [3.05, 3.63) is 98.4 Å². The molecule has 1 fully saturated rings. The molecule has 4 aromatic rings. The van der Waals surface area contributed by atoms with E-state index in [9.17, 15) is 19.1 Å². The van der Waals surface area contributed by atoms with E-state index in [0.29, 0.717) is 51.5 Å². The minimum absolute atomic E-state index is 0.0707. The van der Waals surface area contributed by atoms with Crippen molar-refractivity contribution in [3.8, 4) is 11.5 Å². The molecule has 1 saturated heterocycles. The van der Waals surface area contributed by atoms with Gasteiger partial charge in [-0.2, -0.15) is 0 Å². The first kappa shape index (κ1) is 26.7.